The number of benzene rings is 2. The molecule has 146 valence electrons. The molecule has 8 heteroatoms. The standard InChI is InChI=1S/C21H16FN3O3S/c22-16-7-3-14(4-8-16)20(18-2-1-11-29-18)24-19(26)12-27-17-9-5-15(6-10-17)21-25-23-13-28-21/h1-11,13,20H,12H2,(H,24,26)/t20-/m1/s1. The monoisotopic (exact) mass is 409 g/mol. The summed E-state index contributed by atoms with van der Waals surface area (Å²) < 4.78 is 24.0. The van der Waals surface area contributed by atoms with Crippen LogP contribution < -0.4 is 10.1 Å². The molecular formula is C21H16FN3O3S. The largest absolute Gasteiger partial charge is 0.484 e. The number of amides is 1. The van der Waals surface area contributed by atoms with E-state index >= 15 is 0 Å². The summed E-state index contributed by atoms with van der Waals surface area (Å²) in [6.07, 6.45) is 1.26. The first kappa shape index (κ1) is 18.8. The van der Waals surface area contributed by atoms with E-state index in [-0.39, 0.29) is 24.4 Å². The van der Waals surface area contributed by atoms with E-state index in [1.165, 1.54) is 29.9 Å². The molecule has 4 rings (SSSR count). The molecule has 1 N–H and O–H groups in total. The van der Waals surface area contributed by atoms with E-state index in [2.05, 4.69) is 15.5 Å². The van der Waals surface area contributed by atoms with Gasteiger partial charge >= 0.3 is 0 Å². The fourth-order valence-electron chi connectivity index (χ4n) is 2.77. The van der Waals surface area contributed by atoms with Gasteiger partial charge in [-0.15, -0.1) is 21.5 Å². The van der Waals surface area contributed by atoms with Crippen LogP contribution in [0, 0.1) is 5.82 Å². The molecule has 1 amide bonds. The Morgan fingerprint density at radius 2 is 1.93 bits per heavy atom. The molecule has 2 heterocycles. The highest BCUT2D eigenvalue weighted by Gasteiger charge is 2.18. The van der Waals surface area contributed by atoms with Crippen LogP contribution in [0.2, 0.25) is 0 Å². The zero-order chi connectivity index (χ0) is 20.1. The maximum Gasteiger partial charge on any atom is 0.258 e. The number of ether oxygens (including phenoxy) is 1. The summed E-state index contributed by atoms with van der Waals surface area (Å²) in [6.45, 7) is -0.150. The van der Waals surface area contributed by atoms with Crippen molar-refractivity contribution >= 4 is 17.2 Å². The summed E-state index contributed by atoms with van der Waals surface area (Å²) in [6, 6.07) is 16.5. The molecule has 0 spiro atoms. The number of carbonyl (C=O) groups is 1. The van der Waals surface area contributed by atoms with Gasteiger partial charge in [-0.05, 0) is 53.4 Å². The lowest BCUT2D eigenvalue weighted by Gasteiger charge is -2.18. The predicted octanol–water partition coefficient (Wildman–Crippen LogP) is 4.22. The van der Waals surface area contributed by atoms with E-state index < -0.39 is 0 Å². The fourth-order valence-corrected chi connectivity index (χ4v) is 3.58. The molecule has 0 aliphatic rings. The Morgan fingerprint density at radius 1 is 1.14 bits per heavy atom. The van der Waals surface area contributed by atoms with Crippen molar-refractivity contribution in [1.82, 2.24) is 15.5 Å². The maximum absolute atomic E-state index is 13.3. The van der Waals surface area contributed by atoms with Crippen LogP contribution in [-0.2, 0) is 4.79 Å². The van der Waals surface area contributed by atoms with Crippen molar-refractivity contribution in [3.8, 4) is 17.2 Å². The van der Waals surface area contributed by atoms with Gasteiger partial charge in [0.25, 0.3) is 5.91 Å². The number of hydrogen-bond acceptors (Lipinski definition) is 6. The van der Waals surface area contributed by atoms with Gasteiger partial charge in [-0.2, -0.15) is 0 Å². The van der Waals surface area contributed by atoms with Crippen LogP contribution in [0.4, 0.5) is 4.39 Å². The van der Waals surface area contributed by atoms with Gasteiger partial charge in [0.2, 0.25) is 12.3 Å². The molecular weight excluding hydrogens is 393 g/mol. The van der Waals surface area contributed by atoms with Crippen molar-refractivity contribution in [2.24, 2.45) is 0 Å². The van der Waals surface area contributed by atoms with Gasteiger partial charge in [0, 0.05) is 10.4 Å². The Kier molecular flexibility index (Phi) is 5.62. The van der Waals surface area contributed by atoms with Crippen LogP contribution in [0.1, 0.15) is 16.5 Å². The molecule has 2 aromatic carbocycles. The molecule has 0 radical (unpaired) electrons. The average molecular weight is 409 g/mol. The van der Waals surface area contributed by atoms with Crippen molar-refractivity contribution in [3.05, 3.63) is 88.7 Å². The van der Waals surface area contributed by atoms with E-state index in [1.54, 1.807) is 36.4 Å². The Morgan fingerprint density at radius 3 is 2.59 bits per heavy atom. The quantitative estimate of drug-likeness (QED) is 0.494. The van der Waals surface area contributed by atoms with Crippen LogP contribution in [-0.4, -0.2) is 22.7 Å². The number of aromatic nitrogens is 2. The summed E-state index contributed by atoms with van der Waals surface area (Å²) in [7, 11) is 0. The highest BCUT2D eigenvalue weighted by molar-refractivity contribution is 7.10. The molecule has 0 fully saturated rings. The van der Waals surface area contributed by atoms with Gasteiger partial charge in [-0.3, -0.25) is 4.79 Å². The number of nitrogens with one attached hydrogen (secondary N) is 1. The SMILES string of the molecule is O=C(COc1ccc(-c2nnco2)cc1)N[C@H](c1ccc(F)cc1)c1cccs1. The summed E-state index contributed by atoms with van der Waals surface area (Å²) in [5.74, 6) is 0.344. The lowest BCUT2D eigenvalue weighted by molar-refractivity contribution is -0.123. The van der Waals surface area contributed by atoms with Crippen LogP contribution in [0.5, 0.6) is 5.75 Å². The van der Waals surface area contributed by atoms with E-state index in [1.807, 2.05) is 17.5 Å². The minimum Gasteiger partial charge on any atom is -0.484 e. The smallest absolute Gasteiger partial charge is 0.258 e. The topological polar surface area (TPSA) is 77.2 Å². The summed E-state index contributed by atoms with van der Waals surface area (Å²) in [5, 5.41) is 12.4. The molecule has 0 unspecified atom stereocenters. The molecule has 0 aliphatic heterocycles. The third kappa shape index (κ3) is 4.67. The van der Waals surface area contributed by atoms with Crippen LogP contribution in [0.3, 0.4) is 0 Å². The van der Waals surface area contributed by atoms with E-state index in [0.29, 0.717) is 11.6 Å². The number of thiophene rings is 1. The average Bonchev–Trinajstić information content (AvgIpc) is 3.46. The summed E-state index contributed by atoms with van der Waals surface area (Å²) in [5.41, 5.74) is 1.56. The van der Waals surface area contributed by atoms with Crippen molar-refractivity contribution in [2.45, 2.75) is 6.04 Å². The third-order valence-electron chi connectivity index (χ3n) is 4.17. The summed E-state index contributed by atoms with van der Waals surface area (Å²) >= 11 is 1.52. The van der Waals surface area contributed by atoms with Crippen LogP contribution >= 0.6 is 11.3 Å². The predicted molar refractivity (Wildman–Crippen MR) is 106 cm³/mol. The Hall–Kier alpha value is -3.52. The van der Waals surface area contributed by atoms with Crippen molar-refractivity contribution < 1.29 is 18.3 Å². The first-order valence-corrected chi connectivity index (χ1v) is 9.64. The molecule has 0 saturated heterocycles. The summed E-state index contributed by atoms with van der Waals surface area (Å²) in [4.78, 5) is 13.4. The zero-order valence-electron chi connectivity index (χ0n) is 15.1. The molecule has 2 aromatic heterocycles. The Labute approximate surface area is 170 Å². The highest BCUT2D eigenvalue weighted by Crippen LogP contribution is 2.26. The lowest BCUT2D eigenvalue weighted by atomic mass is 10.1. The molecule has 0 aliphatic carbocycles. The van der Waals surface area contributed by atoms with Gasteiger partial charge in [-0.1, -0.05) is 18.2 Å². The molecule has 6 nitrogen and oxygen atoms in total. The van der Waals surface area contributed by atoms with E-state index in [0.717, 1.165) is 16.0 Å². The number of halogens is 1. The van der Waals surface area contributed by atoms with Gasteiger partial charge < -0.3 is 14.5 Å². The molecule has 0 saturated carbocycles. The molecule has 29 heavy (non-hydrogen) atoms. The minimum absolute atomic E-state index is 0.150. The normalized spacial score (nSPS) is 11.8. The number of nitrogens with zero attached hydrogens (tertiary/aromatic N) is 2. The molecule has 4 aromatic rings. The van der Waals surface area contributed by atoms with Crippen LogP contribution in [0.15, 0.2) is 76.9 Å². The second kappa shape index (κ2) is 8.66. The lowest BCUT2D eigenvalue weighted by Crippen LogP contribution is -2.32. The van der Waals surface area contributed by atoms with Gasteiger partial charge in [0.15, 0.2) is 6.61 Å². The molecule has 0 bridgehead atoms. The molecule has 1 atom stereocenters. The van der Waals surface area contributed by atoms with Crippen LogP contribution in [0.25, 0.3) is 11.5 Å². The fraction of sp³-hybridized carbons (Fsp3) is 0.0952. The van der Waals surface area contributed by atoms with E-state index in [9.17, 15) is 9.18 Å². The van der Waals surface area contributed by atoms with Gasteiger partial charge in [0.05, 0.1) is 6.04 Å². The second-order valence-corrected chi connectivity index (χ2v) is 7.10. The minimum atomic E-state index is -0.369. The zero-order valence-corrected chi connectivity index (χ0v) is 15.9. The third-order valence-corrected chi connectivity index (χ3v) is 5.10. The maximum atomic E-state index is 13.3. The van der Waals surface area contributed by atoms with Crippen molar-refractivity contribution in [1.29, 1.82) is 0 Å². The van der Waals surface area contributed by atoms with Gasteiger partial charge in [-0.25, -0.2) is 4.39 Å². The first-order valence-electron chi connectivity index (χ1n) is 8.77. The number of rotatable bonds is 7. The van der Waals surface area contributed by atoms with Crippen molar-refractivity contribution in [3.63, 3.8) is 0 Å². The Bertz CT molecular complexity index is 1050. The highest BCUT2D eigenvalue weighted by atomic mass is 32.1. The van der Waals surface area contributed by atoms with Gasteiger partial charge in [0.1, 0.15) is 11.6 Å². The number of hydrogen-bond donors (Lipinski definition) is 1. The van der Waals surface area contributed by atoms with Crippen molar-refractivity contribution in [2.75, 3.05) is 6.61 Å². The number of carbonyl (C=O) groups excluding carboxylic acids is 1. The Balaban J connectivity index is 1.40. The first-order chi connectivity index (χ1) is 14.2. The van der Waals surface area contributed by atoms with E-state index in [4.69, 9.17) is 9.15 Å². The second-order valence-electron chi connectivity index (χ2n) is 6.12.